The molecule has 0 saturated heterocycles. The van der Waals surface area contributed by atoms with Gasteiger partial charge in [0.2, 0.25) is 0 Å². The molecule has 0 amide bonds. The molecule has 0 atom stereocenters. The Kier molecular flexibility index (Phi) is 3.78. The van der Waals surface area contributed by atoms with Crippen LogP contribution in [-0.4, -0.2) is 23.3 Å². The third-order valence-corrected chi connectivity index (χ3v) is 7.18. The topological polar surface area (TPSA) is 37.8 Å². The van der Waals surface area contributed by atoms with Crippen LogP contribution in [0.1, 0.15) is 61.9 Å². The molecule has 116 valence electrons. The van der Waals surface area contributed by atoms with Gasteiger partial charge in [0.1, 0.15) is 10.0 Å². The Morgan fingerprint density at radius 3 is 2.38 bits per heavy atom. The maximum atomic E-state index is 4.65. The lowest BCUT2D eigenvalue weighted by Crippen LogP contribution is -2.48. The van der Waals surface area contributed by atoms with E-state index in [0.29, 0.717) is 5.41 Å². The Morgan fingerprint density at radius 2 is 1.76 bits per heavy atom. The molecule has 1 aromatic heterocycles. The molecule has 4 bridgehead atoms. The van der Waals surface area contributed by atoms with Crippen molar-refractivity contribution in [1.82, 2.24) is 15.5 Å². The smallest absolute Gasteiger partial charge is 0.123 e. The predicted molar refractivity (Wildman–Crippen MR) is 86.6 cm³/mol. The van der Waals surface area contributed by atoms with Gasteiger partial charge in [0, 0.05) is 11.8 Å². The average Bonchev–Trinajstić information content (AvgIpc) is 2.92. The Hall–Kier alpha value is -0.480. The molecule has 0 radical (unpaired) electrons. The van der Waals surface area contributed by atoms with E-state index >= 15 is 0 Å². The largest absolute Gasteiger partial charge is 0.317 e. The Labute approximate surface area is 131 Å². The molecule has 4 saturated carbocycles. The third-order valence-electron chi connectivity index (χ3n) is 5.95. The van der Waals surface area contributed by atoms with Gasteiger partial charge in [0.05, 0.1) is 0 Å². The molecule has 21 heavy (non-hydrogen) atoms. The molecule has 0 spiro atoms. The second kappa shape index (κ2) is 5.62. The first-order valence-corrected chi connectivity index (χ1v) is 9.62. The highest BCUT2D eigenvalue weighted by Crippen LogP contribution is 2.60. The highest BCUT2D eigenvalue weighted by molar-refractivity contribution is 7.11. The minimum absolute atomic E-state index is 0.437. The molecule has 4 aliphatic carbocycles. The number of rotatable bonds is 6. The van der Waals surface area contributed by atoms with Crippen molar-refractivity contribution in [2.75, 3.05) is 13.1 Å². The highest BCUT2D eigenvalue weighted by atomic mass is 32.1. The van der Waals surface area contributed by atoms with E-state index in [1.54, 1.807) is 0 Å². The van der Waals surface area contributed by atoms with Gasteiger partial charge in [-0.1, -0.05) is 6.92 Å². The highest BCUT2D eigenvalue weighted by Gasteiger charge is 2.53. The lowest BCUT2D eigenvalue weighted by Gasteiger charge is -2.55. The van der Waals surface area contributed by atoms with Gasteiger partial charge in [-0.2, -0.15) is 0 Å². The van der Waals surface area contributed by atoms with E-state index < -0.39 is 0 Å². The van der Waals surface area contributed by atoms with Gasteiger partial charge in [0.25, 0.3) is 0 Å². The fourth-order valence-electron chi connectivity index (χ4n) is 5.48. The van der Waals surface area contributed by atoms with Crippen LogP contribution in [0.25, 0.3) is 0 Å². The van der Waals surface area contributed by atoms with Crippen LogP contribution in [-0.2, 0) is 11.8 Å². The average molecular weight is 305 g/mol. The minimum Gasteiger partial charge on any atom is -0.317 e. The van der Waals surface area contributed by atoms with E-state index in [2.05, 4.69) is 22.4 Å². The SMILES string of the molecule is CCNCCCc1nnc(C23CC4CC(CC(C4)C2)C3)s1. The zero-order valence-electron chi connectivity index (χ0n) is 13.1. The summed E-state index contributed by atoms with van der Waals surface area (Å²) in [5, 5.41) is 15.2. The monoisotopic (exact) mass is 305 g/mol. The van der Waals surface area contributed by atoms with Crippen molar-refractivity contribution in [3.63, 3.8) is 0 Å². The van der Waals surface area contributed by atoms with Gasteiger partial charge in [-0.25, -0.2) is 0 Å². The van der Waals surface area contributed by atoms with E-state index in [1.165, 1.54) is 55.0 Å². The zero-order valence-corrected chi connectivity index (χ0v) is 13.9. The minimum atomic E-state index is 0.437. The number of nitrogens with one attached hydrogen (secondary N) is 1. The molecule has 3 nitrogen and oxygen atoms in total. The number of aryl methyl sites for hydroxylation is 1. The lowest BCUT2D eigenvalue weighted by molar-refractivity contribution is -0.00555. The summed E-state index contributed by atoms with van der Waals surface area (Å²) in [5.41, 5.74) is 0.437. The van der Waals surface area contributed by atoms with Crippen molar-refractivity contribution in [2.45, 2.75) is 63.7 Å². The van der Waals surface area contributed by atoms with E-state index in [1.807, 2.05) is 11.3 Å². The number of aromatic nitrogens is 2. The zero-order chi connectivity index (χ0) is 14.3. The molecular formula is C17H27N3S. The molecule has 4 aliphatic rings. The summed E-state index contributed by atoms with van der Waals surface area (Å²) in [4.78, 5) is 0. The van der Waals surface area contributed by atoms with Crippen molar-refractivity contribution < 1.29 is 0 Å². The summed E-state index contributed by atoms with van der Waals surface area (Å²) in [6, 6.07) is 0. The summed E-state index contributed by atoms with van der Waals surface area (Å²) in [5.74, 6) is 2.99. The van der Waals surface area contributed by atoms with E-state index in [-0.39, 0.29) is 0 Å². The van der Waals surface area contributed by atoms with Crippen molar-refractivity contribution in [2.24, 2.45) is 17.8 Å². The molecule has 0 unspecified atom stereocenters. The van der Waals surface area contributed by atoms with Gasteiger partial charge in [0.15, 0.2) is 0 Å². The van der Waals surface area contributed by atoms with Crippen molar-refractivity contribution in [1.29, 1.82) is 0 Å². The lowest BCUT2D eigenvalue weighted by atomic mass is 9.50. The van der Waals surface area contributed by atoms with Crippen LogP contribution in [0.5, 0.6) is 0 Å². The molecule has 0 aliphatic heterocycles. The first kappa shape index (κ1) is 14.1. The fourth-order valence-corrected chi connectivity index (χ4v) is 6.58. The van der Waals surface area contributed by atoms with Crippen LogP contribution in [0.4, 0.5) is 0 Å². The maximum Gasteiger partial charge on any atom is 0.123 e. The Bertz CT molecular complexity index is 461. The number of nitrogens with zero attached hydrogens (tertiary/aromatic N) is 2. The Balaban J connectivity index is 1.45. The summed E-state index contributed by atoms with van der Waals surface area (Å²) in [7, 11) is 0. The molecular weight excluding hydrogens is 278 g/mol. The van der Waals surface area contributed by atoms with Crippen LogP contribution in [0.2, 0.25) is 0 Å². The summed E-state index contributed by atoms with van der Waals surface area (Å²) in [6.45, 7) is 4.33. The van der Waals surface area contributed by atoms with E-state index in [0.717, 1.165) is 37.3 Å². The molecule has 5 rings (SSSR count). The summed E-state index contributed by atoms with van der Waals surface area (Å²) < 4.78 is 0. The van der Waals surface area contributed by atoms with Crippen LogP contribution >= 0.6 is 11.3 Å². The molecule has 4 heteroatoms. The maximum absolute atomic E-state index is 4.65. The molecule has 4 fully saturated rings. The standard InChI is InChI=1S/C17H27N3S/c1-2-18-5-3-4-15-19-20-16(21-15)17-9-12-6-13(10-17)8-14(7-12)11-17/h12-14,18H,2-11H2,1H3. The van der Waals surface area contributed by atoms with Crippen LogP contribution < -0.4 is 5.32 Å². The summed E-state index contributed by atoms with van der Waals surface area (Å²) >= 11 is 1.93. The fraction of sp³-hybridized carbons (Fsp3) is 0.882. The molecule has 0 aromatic carbocycles. The van der Waals surface area contributed by atoms with E-state index in [9.17, 15) is 0 Å². The first-order valence-electron chi connectivity index (χ1n) is 8.81. The number of hydrogen-bond acceptors (Lipinski definition) is 4. The van der Waals surface area contributed by atoms with Gasteiger partial charge in [-0.05, 0) is 75.8 Å². The van der Waals surface area contributed by atoms with Gasteiger partial charge < -0.3 is 5.32 Å². The molecule has 1 heterocycles. The summed E-state index contributed by atoms with van der Waals surface area (Å²) in [6.07, 6.45) is 11.0. The predicted octanol–water partition coefficient (Wildman–Crippen LogP) is 3.55. The van der Waals surface area contributed by atoms with Crippen LogP contribution in [0.3, 0.4) is 0 Å². The first-order chi connectivity index (χ1) is 10.3. The van der Waals surface area contributed by atoms with Crippen LogP contribution in [0.15, 0.2) is 0 Å². The van der Waals surface area contributed by atoms with Crippen molar-refractivity contribution in [3.05, 3.63) is 10.0 Å². The van der Waals surface area contributed by atoms with E-state index in [4.69, 9.17) is 0 Å². The Morgan fingerprint density at radius 1 is 1.10 bits per heavy atom. The second-order valence-electron chi connectivity index (χ2n) is 7.66. The third kappa shape index (κ3) is 2.65. The second-order valence-corrected chi connectivity index (χ2v) is 8.72. The normalized spacial score (nSPS) is 37.3. The molecule has 1 N–H and O–H groups in total. The van der Waals surface area contributed by atoms with Crippen molar-refractivity contribution in [3.8, 4) is 0 Å². The van der Waals surface area contributed by atoms with Gasteiger partial charge >= 0.3 is 0 Å². The quantitative estimate of drug-likeness (QED) is 0.817. The van der Waals surface area contributed by atoms with Crippen LogP contribution in [0, 0.1) is 17.8 Å². The number of hydrogen-bond donors (Lipinski definition) is 1. The molecule has 1 aromatic rings. The van der Waals surface area contributed by atoms with Gasteiger partial charge in [-0.3, -0.25) is 0 Å². The van der Waals surface area contributed by atoms with Gasteiger partial charge in [-0.15, -0.1) is 21.5 Å². The van der Waals surface area contributed by atoms with Crippen molar-refractivity contribution >= 4 is 11.3 Å².